The van der Waals surface area contributed by atoms with E-state index in [4.69, 9.17) is 10.2 Å². The van der Waals surface area contributed by atoms with Gasteiger partial charge in [0.25, 0.3) is 0 Å². The van der Waals surface area contributed by atoms with E-state index in [1.54, 1.807) is 6.07 Å². The number of nitrogens with zero attached hydrogens (tertiary/aromatic N) is 1. The molecule has 0 bridgehead atoms. The summed E-state index contributed by atoms with van der Waals surface area (Å²) in [5.74, 6) is -0.182. The van der Waals surface area contributed by atoms with Gasteiger partial charge in [0.1, 0.15) is 5.58 Å². The molecule has 1 saturated heterocycles. The van der Waals surface area contributed by atoms with Gasteiger partial charge in [-0.2, -0.15) is 0 Å². The molecule has 2 heterocycles. The zero-order valence-corrected chi connectivity index (χ0v) is 11.7. The number of nitrogens with two attached hydrogens (primary N) is 1. The maximum absolute atomic E-state index is 11.3. The molecule has 1 aromatic heterocycles. The first-order valence-electron chi connectivity index (χ1n) is 7.16. The Morgan fingerprint density at radius 2 is 1.95 bits per heavy atom. The lowest BCUT2D eigenvalue weighted by atomic mass is 9.96. The van der Waals surface area contributed by atoms with E-state index in [0.29, 0.717) is 5.58 Å². The van der Waals surface area contributed by atoms with Gasteiger partial charge < -0.3 is 10.2 Å². The van der Waals surface area contributed by atoms with Gasteiger partial charge in [0.15, 0.2) is 0 Å². The Hall–Kier alpha value is -2.14. The van der Waals surface area contributed by atoms with Crippen LogP contribution in [0.25, 0.3) is 11.0 Å². The molecule has 0 aliphatic carbocycles. The molecule has 1 amide bonds. The molecule has 0 spiro atoms. The van der Waals surface area contributed by atoms with Crippen molar-refractivity contribution in [3.8, 4) is 0 Å². The average molecular weight is 286 g/mol. The summed E-state index contributed by atoms with van der Waals surface area (Å²) in [6.45, 7) is 2.52. The number of carbonyl (C=O) groups is 1. The summed E-state index contributed by atoms with van der Waals surface area (Å²) in [6.07, 6.45) is 1.63. The summed E-state index contributed by atoms with van der Waals surface area (Å²) in [5, 5.41) is 0.922. The minimum Gasteiger partial charge on any atom is -0.423 e. The van der Waals surface area contributed by atoms with Crippen molar-refractivity contribution in [2.45, 2.75) is 19.4 Å². The van der Waals surface area contributed by atoms with Gasteiger partial charge in [-0.05, 0) is 43.6 Å². The van der Waals surface area contributed by atoms with Crippen molar-refractivity contribution >= 4 is 16.9 Å². The van der Waals surface area contributed by atoms with Crippen LogP contribution in [-0.2, 0) is 11.3 Å². The molecule has 0 unspecified atom stereocenters. The predicted molar refractivity (Wildman–Crippen MR) is 79.7 cm³/mol. The third-order valence-corrected chi connectivity index (χ3v) is 4.08. The lowest BCUT2D eigenvalue weighted by Gasteiger charge is -2.30. The molecular weight excluding hydrogens is 268 g/mol. The van der Waals surface area contributed by atoms with Crippen LogP contribution in [0.15, 0.2) is 39.5 Å². The van der Waals surface area contributed by atoms with E-state index in [1.165, 1.54) is 6.07 Å². The molecule has 0 saturated carbocycles. The molecule has 0 radical (unpaired) electrons. The second kappa shape index (κ2) is 5.69. The normalized spacial score (nSPS) is 17.1. The van der Waals surface area contributed by atoms with Crippen molar-refractivity contribution in [2.24, 2.45) is 11.7 Å². The van der Waals surface area contributed by atoms with Crippen LogP contribution in [0.2, 0.25) is 0 Å². The highest BCUT2D eigenvalue weighted by Crippen LogP contribution is 2.20. The van der Waals surface area contributed by atoms with E-state index in [9.17, 15) is 9.59 Å². The summed E-state index contributed by atoms with van der Waals surface area (Å²) < 4.78 is 5.20. The molecule has 1 fully saturated rings. The maximum atomic E-state index is 11.3. The lowest BCUT2D eigenvalue weighted by molar-refractivity contribution is -0.123. The minimum atomic E-state index is -0.332. The van der Waals surface area contributed by atoms with E-state index in [-0.39, 0.29) is 17.5 Å². The number of hydrogen-bond donors (Lipinski definition) is 1. The molecule has 2 N–H and O–H groups in total. The Balaban J connectivity index is 1.71. The van der Waals surface area contributed by atoms with Crippen molar-refractivity contribution in [3.63, 3.8) is 0 Å². The van der Waals surface area contributed by atoms with E-state index in [0.717, 1.165) is 43.4 Å². The Labute approximate surface area is 122 Å². The van der Waals surface area contributed by atoms with Crippen molar-refractivity contribution in [3.05, 3.63) is 46.3 Å². The van der Waals surface area contributed by atoms with Crippen LogP contribution >= 0.6 is 0 Å². The monoisotopic (exact) mass is 286 g/mol. The fraction of sp³-hybridized carbons (Fsp3) is 0.375. The molecule has 1 aliphatic rings. The Morgan fingerprint density at radius 3 is 2.67 bits per heavy atom. The fourth-order valence-electron chi connectivity index (χ4n) is 2.84. The first kappa shape index (κ1) is 13.8. The second-order valence-corrected chi connectivity index (χ2v) is 5.58. The molecule has 5 heteroatoms. The first-order valence-corrected chi connectivity index (χ1v) is 7.16. The topological polar surface area (TPSA) is 76.5 Å². The number of fused-ring (bicyclic) bond motifs is 1. The van der Waals surface area contributed by atoms with Gasteiger partial charge >= 0.3 is 5.63 Å². The number of likely N-dealkylation sites (tertiary alicyclic amines) is 1. The molecule has 110 valence electrons. The van der Waals surface area contributed by atoms with Crippen molar-refractivity contribution in [1.29, 1.82) is 0 Å². The van der Waals surface area contributed by atoms with Gasteiger partial charge in [-0.15, -0.1) is 0 Å². The molecule has 1 aromatic carbocycles. The van der Waals surface area contributed by atoms with Crippen LogP contribution in [-0.4, -0.2) is 23.9 Å². The van der Waals surface area contributed by atoms with Crippen molar-refractivity contribution in [1.82, 2.24) is 4.90 Å². The molecule has 2 aromatic rings. The van der Waals surface area contributed by atoms with Crippen LogP contribution in [0, 0.1) is 5.92 Å². The highest BCUT2D eigenvalue weighted by atomic mass is 16.4. The van der Waals surface area contributed by atoms with Crippen LogP contribution < -0.4 is 11.4 Å². The van der Waals surface area contributed by atoms with Gasteiger partial charge in [0, 0.05) is 23.9 Å². The number of piperidine rings is 1. The highest BCUT2D eigenvalue weighted by molar-refractivity contribution is 5.77. The third-order valence-electron chi connectivity index (χ3n) is 4.08. The SMILES string of the molecule is NC(=O)C1CCN(Cc2ccc3ccc(=O)oc3c2)CC1. The third kappa shape index (κ3) is 3.13. The molecule has 3 rings (SSSR count). The smallest absolute Gasteiger partial charge is 0.336 e. The lowest BCUT2D eigenvalue weighted by Crippen LogP contribution is -2.38. The van der Waals surface area contributed by atoms with Gasteiger partial charge in [0.05, 0.1) is 0 Å². The number of primary amides is 1. The standard InChI is InChI=1S/C16H18N2O3/c17-16(20)13-5-7-18(8-6-13)10-11-1-2-12-3-4-15(19)21-14(12)9-11/h1-4,9,13H,5-8,10H2,(H2,17,20). The molecule has 1 aliphatic heterocycles. The number of rotatable bonds is 3. The molecule has 0 atom stereocenters. The summed E-state index contributed by atoms with van der Waals surface area (Å²) in [6, 6.07) is 9.11. The van der Waals surface area contributed by atoms with Crippen molar-refractivity contribution < 1.29 is 9.21 Å². The first-order chi connectivity index (χ1) is 10.1. The quantitative estimate of drug-likeness (QED) is 0.867. The van der Waals surface area contributed by atoms with Crippen LogP contribution in [0.1, 0.15) is 18.4 Å². The van der Waals surface area contributed by atoms with Gasteiger partial charge in [0.2, 0.25) is 5.91 Å². The number of amides is 1. The summed E-state index contributed by atoms with van der Waals surface area (Å²) >= 11 is 0. The number of hydrogen-bond acceptors (Lipinski definition) is 4. The van der Waals surface area contributed by atoms with E-state index in [1.807, 2.05) is 18.2 Å². The van der Waals surface area contributed by atoms with Crippen LogP contribution in [0.3, 0.4) is 0 Å². The van der Waals surface area contributed by atoms with Crippen LogP contribution in [0.5, 0.6) is 0 Å². The van der Waals surface area contributed by atoms with Gasteiger partial charge in [-0.1, -0.05) is 12.1 Å². The maximum Gasteiger partial charge on any atom is 0.336 e. The summed E-state index contributed by atoms with van der Waals surface area (Å²) in [7, 11) is 0. The number of benzene rings is 1. The summed E-state index contributed by atoms with van der Waals surface area (Å²) in [5.41, 5.74) is 6.73. The average Bonchev–Trinajstić information content (AvgIpc) is 2.47. The molecular formula is C16H18N2O3. The molecule has 5 nitrogen and oxygen atoms in total. The number of carbonyl (C=O) groups excluding carboxylic acids is 1. The highest BCUT2D eigenvalue weighted by Gasteiger charge is 2.22. The Bertz CT molecular complexity index is 715. The largest absolute Gasteiger partial charge is 0.423 e. The molecule has 21 heavy (non-hydrogen) atoms. The van der Waals surface area contributed by atoms with Gasteiger partial charge in [-0.25, -0.2) is 4.79 Å². The van der Waals surface area contributed by atoms with Crippen molar-refractivity contribution in [2.75, 3.05) is 13.1 Å². The predicted octanol–water partition coefficient (Wildman–Crippen LogP) is 1.49. The van der Waals surface area contributed by atoms with Gasteiger partial charge in [-0.3, -0.25) is 9.69 Å². The zero-order valence-electron chi connectivity index (χ0n) is 11.7. The van der Waals surface area contributed by atoms with E-state index >= 15 is 0 Å². The van der Waals surface area contributed by atoms with E-state index < -0.39 is 0 Å². The zero-order chi connectivity index (χ0) is 14.8. The minimum absolute atomic E-state index is 0.0101. The fourth-order valence-corrected chi connectivity index (χ4v) is 2.84. The second-order valence-electron chi connectivity index (χ2n) is 5.58. The Morgan fingerprint density at radius 1 is 1.24 bits per heavy atom. The summed E-state index contributed by atoms with van der Waals surface area (Å²) in [4.78, 5) is 24.7. The Kier molecular flexibility index (Phi) is 3.75. The van der Waals surface area contributed by atoms with E-state index in [2.05, 4.69) is 4.90 Å². The van der Waals surface area contributed by atoms with Crippen LogP contribution in [0.4, 0.5) is 0 Å².